The second-order valence-electron chi connectivity index (χ2n) is 4.08. The molecule has 0 aromatic carbocycles. The topological polar surface area (TPSA) is 16.1 Å². The molecule has 3 aliphatic rings. The molecule has 84 valence electrons. The Labute approximate surface area is 106 Å². The molecule has 0 fully saturated rings. The van der Waals surface area contributed by atoms with Gasteiger partial charge in [0.2, 0.25) is 0 Å². The van der Waals surface area contributed by atoms with E-state index in [4.69, 9.17) is 0 Å². The summed E-state index contributed by atoms with van der Waals surface area (Å²) < 4.78 is 2.42. The molecular weight excluding hydrogens is 248 g/mol. The Morgan fingerprint density at radius 1 is 1.41 bits per heavy atom. The molecule has 4 rings (SSSR count). The highest BCUT2D eigenvalue weighted by Gasteiger charge is 2.32. The van der Waals surface area contributed by atoms with Crippen molar-refractivity contribution in [3.05, 3.63) is 59.6 Å². The maximum absolute atomic E-state index is 4.46. The first-order valence-corrected chi connectivity index (χ1v) is 7.98. The van der Waals surface area contributed by atoms with Gasteiger partial charge in [-0.15, -0.1) is 0 Å². The van der Waals surface area contributed by atoms with Gasteiger partial charge < -0.3 is 0 Å². The SMILES string of the molecule is CC1=CC=CC2=CC3=S(Sc4ncccc43)N12. The normalized spacial score (nSPS) is 24.2. The van der Waals surface area contributed by atoms with Crippen LogP contribution in [0.15, 0.2) is 59.1 Å². The highest BCUT2D eigenvalue weighted by molar-refractivity contribution is 8.83. The van der Waals surface area contributed by atoms with E-state index in [0.29, 0.717) is 0 Å². The Morgan fingerprint density at radius 2 is 2.35 bits per heavy atom. The summed E-state index contributed by atoms with van der Waals surface area (Å²) in [6.45, 7) is 2.17. The van der Waals surface area contributed by atoms with Crippen molar-refractivity contribution in [3.8, 4) is 0 Å². The number of hydrogen-bond acceptors (Lipinski definition) is 3. The standard InChI is InChI=1S/C13H10N2S2/c1-9-4-2-5-10-8-12-11-6-3-7-14-13(11)16-17(12)15(9)10/h2-8H,1H3. The second-order valence-corrected chi connectivity index (χ2v) is 7.39. The van der Waals surface area contributed by atoms with Crippen LogP contribution in [0.2, 0.25) is 0 Å². The van der Waals surface area contributed by atoms with Gasteiger partial charge in [-0.05, 0) is 57.8 Å². The fraction of sp³-hybridized carbons (Fsp3) is 0.0769. The number of rotatable bonds is 0. The van der Waals surface area contributed by atoms with Gasteiger partial charge in [-0.1, -0.05) is 6.08 Å². The van der Waals surface area contributed by atoms with Crippen molar-refractivity contribution in [2.75, 3.05) is 0 Å². The lowest BCUT2D eigenvalue weighted by atomic mass is 10.1. The molecule has 0 radical (unpaired) electrons. The summed E-state index contributed by atoms with van der Waals surface area (Å²) in [7, 11) is 1.96. The van der Waals surface area contributed by atoms with Gasteiger partial charge in [-0.2, -0.15) is 0 Å². The van der Waals surface area contributed by atoms with Gasteiger partial charge in [0.25, 0.3) is 0 Å². The van der Waals surface area contributed by atoms with Crippen LogP contribution in [-0.2, 0) is 0 Å². The zero-order valence-electron chi connectivity index (χ0n) is 9.25. The minimum absolute atomic E-state index is 0.0810. The summed E-state index contributed by atoms with van der Waals surface area (Å²) in [6.07, 6.45) is 10.7. The van der Waals surface area contributed by atoms with Gasteiger partial charge in [-0.3, -0.25) is 4.31 Å². The lowest BCUT2D eigenvalue weighted by Crippen LogP contribution is -2.11. The Kier molecular flexibility index (Phi) is 1.93. The molecule has 3 aliphatic heterocycles. The van der Waals surface area contributed by atoms with Crippen LogP contribution in [0.4, 0.5) is 0 Å². The highest BCUT2D eigenvalue weighted by atomic mass is 33.1. The fourth-order valence-electron chi connectivity index (χ4n) is 2.21. The van der Waals surface area contributed by atoms with Crippen LogP contribution in [0.25, 0.3) is 0 Å². The first kappa shape index (κ1) is 9.74. The molecule has 4 heterocycles. The predicted octanol–water partition coefficient (Wildman–Crippen LogP) is 3.48. The van der Waals surface area contributed by atoms with Gasteiger partial charge in [0.05, 0.1) is 5.70 Å². The zero-order valence-corrected chi connectivity index (χ0v) is 10.9. The maximum Gasteiger partial charge on any atom is 0.116 e. The van der Waals surface area contributed by atoms with E-state index in [1.165, 1.54) is 26.8 Å². The maximum atomic E-state index is 4.46. The van der Waals surface area contributed by atoms with Gasteiger partial charge in [-0.25, -0.2) is 4.98 Å². The number of hydrogen-bond donors (Lipinski definition) is 0. The molecule has 0 saturated heterocycles. The van der Waals surface area contributed by atoms with E-state index < -0.39 is 0 Å². The van der Waals surface area contributed by atoms with Crippen LogP contribution in [0, 0.1) is 0 Å². The fourth-order valence-corrected chi connectivity index (χ4v) is 6.73. The first-order chi connectivity index (χ1) is 8.34. The van der Waals surface area contributed by atoms with Crippen molar-refractivity contribution in [1.29, 1.82) is 0 Å². The Bertz CT molecular complexity index is 653. The molecular formula is C13H10N2S2. The van der Waals surface area contributed by atoms with Gasteiger partial charge >= 0.3 is 0 Å². The molecule has 4 heteroatoms. The molecule has 17 heavy (non-hydrogen) atoms. The van der Waals surface area contributed by atoms with Crippen LogP contribution >= 0.6 is 20.5 Å². The highest BCUT2D eigenvalue weighted by Crippen LogP contribution is 2.56. The van der Waals surface area contributed by atoms with Crippen LogP contribution in [0.5, 0.6) is 0 Å². The average molecular weight is 258 g/mol. The minimum Gasteiger partial charge on any atom is -0.285 e. The van der Waals surface area contributed by atoms with Crippen molar-refractivity contribution in [2.24, 2.45) is 0 Å². The molecule has 1 aromatic rings. The molecule has 0 amide bonds. The van der Waals surface area contributed by atoms with E-state index in [-0.39, 0.29) is 9.70 Å². The Morgan fingerprint density at radius 3 is 3.29 bits per heavy atom. The summed E-state index contributed by atoms with van der Waals surface area (Å²) in [5.74, 6) is 0. The number of allylic oxidation sites excluding steroid dienone is 5. The van der Waals surface area contributed by atoms with E-state index >= 15 is 0 Å². The van der Waals surface area contributed by atoms with Crippen LogP contribution in [0.3, 0.4) is 0 Å². The van der Waals surface area contributed by atoms with E-state index in [1.54, 1.807) is 0 Å². The lowest BCUT2D eigenvalue weighted by Gasteiger charge is -2.26. The van der Waals surface area contributed by atoms with Crippen molar-refractivity contribution >= 4 is 25.4 Å². The van der Waals surface area contributed by atoms with E-state index in [0.717, 1.165) is 0 Å². The summed E-state index contributed by atoms with van der Waals surface area (Å²) in [5, 5.41) is 1.17. The number of fused-ring (bicyclic) bond motifs is 4. The number of nitrogens with zero attached hydrogens (tertiary/aromatic N) is 2. The molecule has 0 spiro atoms. The Balaban J connectivity index is 1.91. The van der Waals surface area contributed by atoms with E-state index in [2.05, 4.69) is 46.6 Å². The molecule has 2 nitrogen and oxygen atoms in total. The van der Waals surface area contributed by atoms with E-state index in [9.17, 15) is 0 Å². The lowest BCUT2D eigenvalue weighted by molar-refractivity contribution is 0.730. The van der Waals surface area contributed by atoms with Crippen LogP contribution < -0.4 is 0 Å². The third-order valence-electron chi connectivity index (χ3n) is 2.99. The predicted molar refractivity (Wildman–Crippen MR) is 74.6 cm³/mol. The number of aromatic nitrogens is 1. The third-order valence-corrected chi connectivity index (χ3v) is 7.11. The van der Waals surface area contributed by atoms with Crippen molar-refractivity contribution in [1.82, 2.24) is 9.29 Å². The largest absolute Gasteiger partial charge is 0.285 e. The van der Waals surface area contributed by atoms with Crippen molar-refractivity contribution in [2.45, 2.75) is 11.9 Å². The Hall–Kier alpha value is -1.26. The summed E-state index contributed by atoms with van der Waals surface area (Å²) in [5.41, 5.74) is 3.94. The first-order valence-electron chi connectivity index (χ1n) is 5.46. The molecule has 0 bridgehead atoms. The van der Waals surface area contributed by atoms with Crippen LogP contribution in [0.1, 0.15) is 12.5 Å². The third kappa shape index (κ3) is 1.25. The smallest absolute Gasteiger partial charge is 0.116 e. The van der Waals surface area contributed by atoms with Gasteiger partial charge in [0, 0.05) is 22.3 Å². The monoisotopic (exact) mass is 258 g/mol. The molecule has 1 aromatic heterocycles. The van der Waals surface area contributed by atoms with Crippen molar-refractivity contribution < 1.29 is 0 Å². The molecule has 0 N–H and O–H groups in total. The summed E-state index contributed by atoms with van der Waals surface area (Å²) in [4.78, 5) is 5.88. The quantitative estimate of drug-likeness (QED) is 0.523. The minimum atomic E-state index is 0.0810. The zero-order chi connectivity index (χ0) is 11.4. The summed E-state index contributed by atoms with van der Waals surface area (Å²) >= 11 is 0. The summed E-state index contributed by atoms with van der Waals surface area (Å²) in [6, 6.07) is 4.20. The second kappa shape index (κ2) is 3.37. The average Bonchev–Trinajstić information content (AvgIpc) is 2.85. The molecule has 0 saturated carbocycles. The molecule has 1 atom stereocenters. The van der Waals surface area contributed by atoms with E-state index in [1.807, 2.05) is 23.1 Å². The van der Waals surface area contributed by atoms with Gasteiger partial charge in [0.15, 0.2) is 0 Å². The van der Waals surface area contributed by atoms with Crippen molar-refractivity contribution in [3.63, 3.8) is 0 Å². The number of pyridine rings is 1. The van der Waals surface area contributed by atoms with Gasteiger partial charge in [0.1, 0.15) is 5.03 Å². The van der Waals surface area contributed by atoms with Crippen LogP contribution in [-0.4, -0.2) is 14.2 Å². The molecule has 1 unspecified atom stereocenters. The molecule has 0 aliphatic carbocycles.